The Bertz CT molecular complexity index is 406. The highest BCUT2D eigenvalue weighted by Gasteiger charge is 2.23. The molecule has 0 spiro atoms. The number of hydrogen-bond acceptors (Lipinski definition) is 2. The monoisotopic (exact) mass is 275 g/mol. The van der Waals surface area contributed by atoms with Crippen LogP contribution < -0.4 is 10.1 Å². The van der Waals surface area contributed by atoms with E-state index in [1.165, 1.54) is 24.8 Å². The fourth-order valence-electron chi connectivity index (χ4n) is 3.38. The summed E-state index contributed by atoms with van der Waals surface area (Å²) in [5, 5.41) is 3.72. The Labute approximate surface area is 123 Å². The molecular formula is C18H29NO. The number of benzene rings is 1. The van der Waals surface area contributed by atoms with Gasteiger partial charge in [-0.2, -0.15) is 0 Å². The highest BCUT2D eigenvalue weighted by molar-refractivity contribution is 5.28. The van der Waals surface area contributed by atoms with Crippen molar-refractivity contribution < 1.29 is 4.74 Å². The third kappa shape index (κ3) is 4.82. The molecule has 2 atom stereocenters. The van der Waals surface area contributed by atoms with Crippen molar-refractivity contribution in [2.24, 2.45) is 11.8 Å². The van der Waals surface area contributed by atoms with Crippen LogP contribution in [-0.2, 0) is 6.54 Å². The molecule has 0 aromatic heterocycles. The van der Waals surface area contributed by atoms with Crippen LogP contribution >= 0.6 is 0 Å². The van der Waals surface area contributed by atoms with Gasteiger partial charge in [0, 0.05) is 12.6 Å². The van der Waals surface area contributed by atoms with Crippen molar-refractivity contribution in [2.45, 2.75) is 65.6 Å². The number of nitrogens with one attached hydrogen (secondary N) is 1. The number of rotatable bonds is 5. The van der Waals surface area contributed by atoms with E-state index in [0.717, 1.165) is 24.1 Å². The average Bonchev–Trinajstić information content (AvgIpc) is 2.35. The highest BCUT2D eigenvalue weighted by atomic mass is 16.5. The lowest BCUT2D eigenvalue weighted by atomic mass is 9.80. The largest absolute Gasteiger partial charge is 0.491 e. The van der Waals surface area contributed by atoms with Crippen LogP contribution in [0.25, 0.3) is 0 Å². The molecule has 2 rings (SSSR count). The van der Waals surface area contributed by atoms with Crippen LogP contribution in [0.1, 0.15) is 52.5 Å². The zero-order valence-electron chi connectivity index (χ0n) is 13.4. The van der Waals surface area contributed by atoms with Gasteiger partial charge in [-0.1, -0.05) is 26.0 Å². The smallest absolute Gasteiger partial charge is 0.120 e. The Morgan fingerprint density at radius 2 is 1.85 bits per heavy atom. The van der Waals surface area contributed by atoms with E-state index in [1.807, 2.05) is 6.07 Å². The summed E-state index contributed by atoms with van der Waals surface area (Å²) in [6, 6.07) is 9.12. The zero-order chi connectivity index (χ0) is 14.5. The van der Waals surface area contributed by atoms with Crippen molar-refractivity contribution in [3.8, 4) is 5.75 Å². The molecule has 2 unspecified atom stereocenters. The van der Waals surface area contributed by atoms with Gasteiger partial charge >= 0.3 is 0 Å². The molecule has 2 heteroatoms. The van der Waals surface area contributed by atoms with Crippen molar-refractivity contribution in [2.75, 3.05) is 0 Å². The molecule has 1 aromatic rings. The van der Waals surface area contributed by atoms with Gasteiger partial charge in [0.2, 0.25) is 0 Å². The first-order chi connectivity index (χ1) is 9.52. The minimum atomic E-state index is 0.234. The van der Waals surface area contributed by atoms with Crippen LogP contribution in [0.15, 0.2) is 24.3 Å². The third-order valence-corrected chi connectivity index (χ3v) is 4.04. The lowest BCUT2D eigenvalue weighted by Crippen LogP contribution is -2.35. The summed E-state index contributed by atoms with van der Waals surface area (Å²) in [5.74, 6) is 2.68. The van der Waals surface area contributed by atoms with E-state index in [9.17, 15) is 0 Å². The number of hydrogen-bond donors (Lipinski definition) is 1. The molecule has 1 fully saturated rings. The van der Waals surface area contributed by atoms with E-state index in [2.05, 4.69) is 51.2 Å². The van der Waals surface area contributed by atoms with Crippen molar-refractivity contribution in [3.05, 3.63) is 29.8 Å². The molecule has 2 nitrogen and oxygen atoms in total. The minimum Gasteiger partial charge on any atom is -0.491 e. The van der Waals surface area contributed by atoms with E-state index in [1.54, 1.807) is 0 Å². The Kier molecular flexibility index (Phi) is 5.47. The van der Waals surface area contributed by atoms with Crippen molar-refractivity contribution in [3.63, 3.8) is 0 Å². The molecule has 112 valence electrons. The molecule has 0 heterocycles. The van der Waals surface area contributed by atoms with Gasteiger partial charge in [0.15, 0.2) is 0 Å². The van der Waals surface area contributed by atoms with Gasteiger partial charge in [0.25, 0.3) is 0 Å². The SMILES string of the molecule is CC1CC(C)CC(NCc2cccc(OC(C)C)c2)C1. The van der Waals surface area contributed by atoms with Gasteiger partial charge in [-0.3, -0.25) is 0 Å². The van der Waals surface area contributed by atoms with Gasteiger partial charge in [0.05, 0.1) is 6.10 Å². The van der Waals surface area contributed by atoms with Gasteiger partial charge in [-0.05, 0) is 62.6 Å². The molecule has 1 saturated carbocycles. The van der Waals surface area contributed by atoms with Gasteiger partial charge in [-0.15, -0.1) is 0 Å². The van der Waals surface area contributed by atoms with Crippen LogP contribution in [-0.4, -0.2) is 12.1 Å². The molecule has 0 amide bonds. The van der Waals surface area contributed by atoms with E-state index >= 15 is 0 Å². The van der Waals surface area contributed by atoms with Crippen LogP contribution in [0.5, 0.6) is 5.75 Å². The van der Waals surface area contributed by atoms with E-state index in [0.29, 0.717) is 6.04 Å². The Morgan fingerprint density at radius 3 is 2.50 bits per heavy atom. The summed E-state index contributed by atoms with van der Waals surface area (Å²) >= 11 is 0. The average molecular weight is 275 g/mol. The maximum Gasteiger partial charge on any atom is 0.120 e. The second-order valence-corrected chi connectivity index (χ2v) is 6.81. The third-order valence-electron chi connectivity index (χ3n) is 4.04. The van der Waals surface area contributed by atoms with Crippen LogP contribution in [0.2, 0.25) is 0 Å². The van der Waals surface area contributed by atoms with E-state index in [-0.39, 0.29) is 6.10 Å². The fourth-order valence-corrected chi connectivity index (χ4v) is 3.38. The number of ether oxygens (including phenoxy) is 1. The molecule has 0 radical (unpaired) electrons. The Hall–Kier alpha value is -1.02. The van der Waals surface area contributed by atoms with Crippen LogP contribution in [0.3, 0.4) is 0 Å². The molecule has 1 aliphatic carbocycles. The zero-order valence-corrected chi connectivity index (χ0v) is 13.4. The molecule has 1 aromatic carbocycles. The minimum absolute atomic E-state index is 0.234. The predicted octanol–water partition coefficient (Wildman–Crippen LogP) is 4.39. The van der Waals surface area contributed by atoms with Crippen molar-refractivity contribution >= 4 is 0 Å². The fraction of sp³-hybridized carbons (Fsp3) is 0.667. The van der Waals surface area contributed by atoms with Crippen LogP contribution in [0.4, 0.5) is 0 Å². The summed E-state index contributed by atoms with van der Waals surface area (Å²) in [5.41, 5.74) is 1.31. The normalized spacial score (nSPS) is 26.8. The van der Waals surface area contributed by atoms with E-state index < -0.39 is 0 Å². The summed E-state index contributed by atoms with van der Waals surface area (Å²) in [7, 11) is 0. The van der Waals surface area contributed by atoms with E-state index in [4.69, 9.17) is 4.74 Å². The first-order valence-corrected chi connectivity index (χ1v) is 8.02. The van der Waals surface area contributed by atoms with Crippen molar-refractivity contribution in [1.82, 2.24) is 5.32 Å². The second-order valence-electron chi connectivity index (χ2n) is 6.81. The molecule has 0 bridgehead atoms. The lowest BCUT2D eigenvalue weighted by molar-refractivity contribution is 0.236. The van der Waals surface area contributed by atoms with Gasteiger partial charge in [0.1, 0.15) is 5.75 Å². The van der Waals surface area contributed by atoms with Crippen LogP contribution in [0, 0.1) is 11.8 Å². The van der Waals surface area contributed by atoms with Crippen molar-refractivity contribution in [1.29, 1.82) is 0 Å². The maximum absolute atomic E-state index is 5.75. The highest BCUT2D eigenvalue weighted by Crippen LogP contribution is 2.28. The lowest BCUT2D eigenvalue weighted by Gasteiger charge is -2.32. The summed E-state index contributed by atoms with van der Waals surface area (Å²) in [6.45, 7) is 9.83. The molecule has 0 aliphatic heterocycles. The van der Waals surface area contributed by atoms with Gasteiger partial charge < -0.3 is 10.1 Å². The first-order valence-electron chi connectivity index (χ1n) is 8.02. The maximum atomic E-state index is 5.75. The Balaban J connectivity index is 1.87. The Morgan fingerprint density at radius 1 is 1.15 bits per heavy atom. The standard InChI is InChI=1S/C18H29NO/c1-13(2)20-18-7-5-6-16(11-18)12-19-17-9-14(3)8-15(4)10-17/h5-7,11,13-15,17,19H,8-10,12H2,1-4H3. The molecular weight excluding hydrogens is 246 g/mol. The molecule has 1 aliphatic rings. The molecule has 1 N–H and O–H groups in total. The summed E-state index contributed by atoms with van der Waals surface area (Å²) in [6.07, 6.45) is 4.24. The summed E-state index contributed by atoms with van der Waals surface area (Å²) in [4.78, 5) is 0. The second kappa shape index (κ2) is 7.12. The quantitative estimate of drug-likeness (QED) is 0.860. The summed E-state index contributed by atoms with van der Waals surface area (Å²) < 4.78 is 5.75. The first kappa shape index (κ1) is 15.4. The topological polar surface area (TPSA) is 21.3 Å². The molecule has 0 saturated heterocycles. The predicted molar refractivity (Wildman–Crippen MR) is 85.0 cm³/mol. The van der Waals surface area contributed by atoms with Gasteiger partial charge in [-0.25, -0.2) is 0 Å². The molecule has 20 heavy (non-hydrogen) atoms.